The topological polar surface area (TPSA) is 39.1 Å². The second kappa shape index (κ2) is 7.86. The van der Waals surface area contributed by atoms with Crippen LogP contribution in [-0.2, 0) is 13.1 Å². The number of anilines is 1. The fraction of sp³-hybridized carbons (Fsp3) is 0.350. The minimum atomic E-state index is 0.679. The Hall–Kier alpha value is -2.49. The molecule has 1 aromatic heterocycles. The van der Waals surface area contributed by atoms with Crippen molar-refractivity contribution < 1.29 is 4.74 Å². The summed E-state index contributed by atoms with van der Waals surface area (Å²) in [7, 11) is 0. The maximum absolute atomic E-state index is 5.68. The van der Waals surface area contributed by atoms with Gasteiger partial charge in [0.1, 0.15) is 5.75 Å². The highest BCUT2D eigenvalue weighted by molar-refractivity contribution is 5.79. The molecule has 1 N–H and O–H groups in total. The third-order valence-electron chi connectivity index (χ3n) is 4.13. The third kappa shape index (κ3) is 3.70. The summed E-state index contributed by atoms with van der Waals surface area (Å²) in [5.74, 6) is 0.942. The van der Waals surface area contributed by atoms with Gasteiger partial charge in [-0.25, -0.2) is 4.98 Å². The van der Waals surface area contributed by atoms with Crippen molar-refractivity contribution in [2.75, 3.05) is 11.9 Å². The summed E-state index contributed by atoms with van der Waals surface area (Å²) in [5.41, 5.74) is 4.47. The van der Waals surface area contributed by atoms with Gasteiger partial charge in [-0.15, -0.1) is 0 Å². The summed E-state index contributed by atoms with van der Waals surface area (Å²) in [6, 6.07) is 14.5. The second-order valence-electron chi connectivity index (χ2n) is 5.89. The van der Waals surface area contributed by atoms with Crippen LogP contribution in [0.1, 0.15) is 32.3 Å². The van der Waals surface area contributed by atoms with Gasteiger partial charge in [-0.2, -0.15) is 0 Å². The van der Waals surface area contributed by atoms with Crippen molar-refractivity contribution in [3.8, 4) is 5.75 Å². The van der Waals surface area contributed by atoms with Crippen molar-refractivity contribution in [1.82, 2.24) is 9.55 Å². The average molecular weight is 323 g/mol. The largest absolute Gasteiger partial charge is 0.494 e. The number of hydrogen-bond donors (Lipinski definition) is 1. The molecule has 0 aliphatic heterocycles. The lowest BCUT2D eigenvalue weighted by molar-refractivity contribution is 0.337. The first-order chi connectivity index (χ1) is 11.8. The molecule has 4 heteroatoms. The van der Waals surface area contributed by atoms with Crippen LogP contribution in [0.5, 0.6) is 5.75 Å². The molecule has 0 radical (unpaired) electrons. The molecule has 0 aliphatic rings. The summed E-state index contributed by atoms with van der Waals surface area (Å²) in [6.45, 7) is 6.66. The van der Waals surface area contributed by atoms with Crippen molar-refractivity contribution in [2.24, 2.45) is 0 Å². The van der Waals surface area contributed by atoms with Crippen molar-refractivity contribution in [3.63, 3.8) is 0 Å². The Morgan fingerprint density at radius 3 is 2.83 bits per heavy atom. The maximum atomic E-state index is 5.68. The Morgan fingerprint density at radius 1 is 1.12 bits per heavy atom. The van der Waals surface area contributed by atoms with Crippen molar-refractivity contribution in [1.29, 1.82) is 0 Å². The normalized spacial score (nSPS) is 10.9. The SMILES string of the molecule is CCCCn1cnc2cc(NCc3ccccc3OCC)ccc21. The summed E-state index contributed by atoms with van der Waals surface area (Å²) in [5, 5.41) is 3.48. The molecule has 0 saturated carbocycles. The number of imidazole rings is 1. The number of fused-ring (bicyclic) bond motifs is 1. The molecule has 0 saturated heterocycles. The number of rotatable bonds is 8. The number of nitrogens with one attached hydrogen (secondary N) is 1. The van der Waals surface area contributed by atoms with E-state index in [4.69, 9.17) is 4.74 Å². The fourth-order valence-corrected chi connectivity index (χ4v) is 2.82. The molecule has 1 heterocycles. The molecule has 0 bridgehead atoms. The van der Waals surface area contributed by atoms with Gasteiger partial charge in [-0.1, -0.05) is 31.5 Å². The van der Waals surface area contributed by atoms with Crippen LogP contribution in [0.2, 0.25) is 0 Å². The van der Waals surface area contributed by atoms with Crippen LogP contribution in [0.15, 0.2) is 48.8 Å². The van der Waals surface area contributed by atoms with E-state index in [2.05, 4.69) is 46.1 Å². The predicted octanol–water partition coefficient (Wildman–Crippen LogP) is 4.85. The average Bonchev–Trinajstić information content (AvgIpc) is 3.02. The molecule has 0 fully saturated rings. The van der Waals surface area contributed by atoms with Crippen LogP contribution in [-0.4, -0.2) is 16.2 Å². The van der Waals surface area contributed by atoms with E-state index in [1.54, 1.807) is 0 Å². The maximum Gasteiger partial charge on any atom is 0.124 e. The monoisotopic (exact) mass is 323 g/mol. The van der Waals surface area contributed by atoms with Crippen LogP contribution in [0.3, 0.4) is 0 Å². The summed E-state index contributed by atoms with van der Waals surface area (Å²) in [4.78, 5) is 4.53. The van der Waals surface area contributed by atoms with Gasteiger partial charge >= 0.3 is 0 Å². The summed E-state index contributed by atoms with van der Waals surface area (Å²) in [6.07, 6.45) is 4.31. The highest BCUT2D eigenvalue weighted by atomic mass is 16.5. The first-order valence-electron chi connectivity index (χ1n) is 8.71. The highest BCUT2D eigenvalue weighted by Crippen LogP contribution is 2.22. The summed E-state index contributed by atoms with van der Waals surface area (Å²) >= 11 is 0. The zero-order chi connectivity index (χ0) is 16.8. The van der Waals surface area contributed by atoms with Gasteiger partial charge in [-0.05, 0) is 37.6 Å². The molecule has 4 nitrogen and oxygen atoms in total. The molecule has 126 valence electrons. The van der Waals surface area contributed by atoms with Crippen LogP contribution in [0.4, 0.5) is 5.69 Å². The summed E-state index contributed by atoms with van der Waals surface area (Å²) < 4.78 is 7.91. The molecule has 0 unspecified atom stereocenters. The number of unbranched alkanes of at least 4 members (excludes halogenated alkanes) is 1. The van der Waals surface area contributed by atoms with Gasteiger partial charge in [0.05, 0.1) is 24.0 Å². The smallest absolute Gasteiger partial charge is 0.124 e. The number of para-hydroxylation sites is 1. The van der Waals surface area contributed by atoms with E-state index in [1.807, 2.05) is 31.5 Å². The minimum Gasteiger partial charge on any atom is -0.494 e. The Balaban J connectivity index is 1.72. The second-order valence-corrected chi connectivity index (χ2v) is 5.89. The standard InChI is InChI=1S/C20H25N3O/c1-3-5-12-23-15-22-18-13-17(10-11-19(18)23)21-14-16-8-6-7-9-20(16)24-4-2/h6-11,13,15,21H,3-5,12,14H2,1-2H3. The van der Waals surface area contributed by atoms with E-state index in [1.165, 1.54) is 18.4 Å². The van der Waals surface area contributed by atoms with Gasteiger partial charge in [-0.3, -0.25) is 0 Å². The first-order valence-corrected chi connectivity index (χ1v) is 8.71. The number of aromatic nitrogens is 2. The van der Waals surface area contributed by atoms with Crippen molar-refractivity contribution in [3.05, 3.63) is 54.4 Å². The van der Waals surface area contributed by atoms with E-state index in [9.17, 15) is 0 Å². The van der Waals surface area contributed by atoms with Crippen molar-refractivity contribution in [2.45, 2.75) is 39.8 Å². The Morgan fingerprint density at radius 2 is 2.00 bits per heavy atom. The van der Waals surface area contributed by atoms with E-state index >= 15 is 0 Å². The van der Waals surface area contributed by atoms with E-state index in [0.29, 0.717) is 6.61 Å². The lowest BCUT2D eigenvalue weighted by Gasteiger charge is -2.12. The van der Waals surface area contributed by atoms with Gasteiger partial charge in [0.15, 0.2) is 0 Å². The molecule has 0 atom stereocenters. The van der Waals surface area contributed by atoms with E-state index in [0.717, 1.165) is 35.6 Å². The van der Waals surface area contributed by atoms with Crippen LogP contribution in [0.25, 0.3) is 11.0 Å². The Labute approximate surface area is 143 Å². The van der Waals surface area contributed by atoms with Crippen LogP contribution in [0, 0.1) is 0 Å². The predicted molar refractivity (Wildman–Crippen MR) is 99.6 cm³/mol. The number of ether oxygens (including phenoxy) is 1. The first kappa shape index (κ1) is 16.4. The zero-order valence-electron chi connectivity index (χ0n) is 14.5. The quantitative estimate of drug-likeness (QED) is 0.644. The van der Waals surface area contributed by atoms with E-state index in [-0.39, 0.29) is 0 Å². The molecule has 3 aromatic rings. The Bertz CT molecular complexity index is 794. The van der Waals surface area contributed by atoms with E-state index < -0.39 is 0 Å². The molecule has 2 aromatic carbocycles. The molecule has 24 heavy (non-hydrogen) atoms. The molecule has 0 amide bonds. The van der Waals surface area contributed by atoms with Crippen molar-refractivity contribution >= 4 is 16.7 Å². The van der Waals surface area contributed by atoms with Crippen LogP contribution >= 0.6 is 0 Å². The molecular weight excluding hydrogens is 298 g/mol. The number of nitrogens with zero attached hydrogens (tertiary/aromatic N) is 2. The molecule has 0 spiro atoms. The third-order valence-corrected chi connectivity index (χ3v) is 4.13. The molecule has 3 rings (SSSR count). The van der Waals surface area contributed by atoms with Gasteiger partial charge in [0.2, 0.25) is 0 Å². The van der Waals surface area contributed by atoms with Gasteiger partial charge in [0, 0.05) is 24.3 Å². The van der Waals surface area contributed by atoms with Gasteiger partial charge in [0.25, 0.3) is 0 Å². The molecule has 0 aliphatic carbocycles. The fourth-order valence-electron chi connectivity index (χ4n) is 2.82. The minimum absolute atomic E-state index is 0.679. The number of aryl methyl sites for hydroxylation is 1. The van der Waals surface area contributed by atoms with Crippen LogP contribution < -0.4 is 10.1 Å². The number of hydrogen-bond acceptors (Lipinski definition) is 3. The Kier molecular flexibility index (Phi) is 5.36. The zero-order valence-corrected chi connectivity index (χ0v) is 14.5. The molecular formula is C20H25N3O. The highest BCUT2D eigenvalue weighted by Gasteiger charge is 2.05. The lowest BCUT2D eigenvalue weighted by atomic mass is 10.2. The lowest BCUT2D eigenvalue weighted by Crippen LogP contribution is -2.03. The van der Waals surface area contributed by atoms with Gasteiger partial charge < -0.3 is 14.6 Å². The number of benzene rings is 2.